The Morgan fingerprint density at radius 3 is 2.71 bits per heavy atom. The van der Waals surface area contributed by atoms with E-state index in [1.165, 1.54) is 0 Å². The highest BCUT2D eigenvalue weighted by molar-refractivity contribution is 5.89. The molecule has 2 rings (SSSR count). The third-order valence-corrected chi connectivity index (χ3v) is 3.50. The SMILES string of the molecule is CN=C(NCc1ccc(C(N)=O)o1)N(C)Cc1ccccc1OC. The van der Waals surface area contributed by atoms with Crippen molar-refractivity contribution in [3.63, 3.8) is 0 Å². The van der Waals surface area contributed by atoms with Crippen LogP contribution < -0.4 is 15.8 Å². The van der Waals surface area contributed by atoms with Crippen molar-refractivity contribution in [1.29, 1.82) is 0 Å². The van der Waals surface area contributed by atoms with Crippen molar-refractivity contribution in [2.45, 2.75) is 13.1 Å². The van der Waals surface area contributed by atoms with Gasteiger partial charge in [-0.25, -0.2) is 0 Å². The molecule has 1 amide bonds. The fourth-order valence-corrected chi connectivity index (χ4v) is 2.32. The minimum absolute atomic E-state index is 0.143. The number of ether oxygens (including phenoxy) is 1. The maximum Gasteiger partial charge on any atom is 0.284 e. The summed E-state index contributed by atoms with van der Waals surface area (Å²) in [7, 11) is 5.29. The number of carbonyl (C=O) groups excluding carboxylic acids is 1. The lowest BCUT2D eigenvalue weighted by atomic mass is 10.2. The maximum atomic E-state index is 11.0. The quantitative estimate of drug-likeness (QED) is 0.620. The number of nitrogens with two attached hydrogens (primary N) is 1. The van der Waals surface area contributed by atoms with Crippen LogP contribution in [0.2, 0.25) is 0 Å². The number of guanidine groups is 1. The Hall–Kier alpha value is -2.96. The molecule has 0 bridgehead atoms. The van der Waals surface area contributed by atoms with Crippen molar-refractivity contribution in [3.05, 3.63) is 53.5 Å². The van der Waals surface area contributed by atoms with Crippen molar-refractivity contribution in [3.8, 4) is 5.75 Å². The van der Waals surface area contributed by atoms with E-state index in [4.69, 9.17) is 14.9 Å². The van der Waals surface area contributed by atoms with E-state index in [1.807, 2.05) is 36.2 Å². The fourth-order valence-electron chi connectivity index (χ4n) is 2.32. The Morgan fingerprint density at radius 2 is 2.08 bits per heavy atom. The standard InChI is InChI=1S/C17H22N4O3/c1-19-17(20-10-13-8-9-15(24-13)16(18)22)21(2)11-12-6-4-5-7-14(12)23-3/h4-9H,10-11H2,1-3H3,(H2,18,22)(H,19,20). The molecule has 3 N–H and O–H groups in total. The van der Waals surface area contributed by atoms with Gasteiger partial charge < -0.3 is 25.1 Å². The number of carbonyl (C=O) groups is 1. The Bertz CT molecular complexity index is 724. The van der Waals surface area contributed by atoms with E-state index in [-0.39, 0.29) is 5.76 Å². The first-order valence-corrected chi connectivity index (χ1v) is 7.47. The molecular formula is C17H22N4O3. The third-order valence-electron chi connectivity index (χ3n) is 3.50. The summed E-state index contributed by atoms with van der Waals surface area (Å²) in [6.45, 7) is 1.03. The summed E-state index contributed by atoms with van der Waals surface area (Å²) in [4.78, 5) is 17.3. The number of amides is 1. The van der Waals surface area contributed by atoms with Crippen molar-refractivity contribution in [2.24, 2.45) is 10.7 Å². The number of methoxy groups -OCH3 is 1. The first kappa shape index (κ1) is 17.4. The van der Waals surface area contributed by atoms with E-state index < -0.39 is 5.91 Å². The summed E-state index contributed by atoms with van der Waals surface area (Å²) in [5.74, 6) is 1.69. The molecule has 0 spiro atoms. The van der Waals surface area contributed by atoms with Crippen molar-refractivity contribution < 1.29 is 13.9 Å². The van der Waals surface area contributed by atoms with Crippen LogP contribution in [0.5, 0.6) is 5.75 Å². The second kappa shape index (κ2) is 8.05. The highest BCUT2D eigenvalue weighted by atomic mass is 16.5. The smallest absolute Gasteiger partial charge is 0.284 e. The van der Waals surface area contributed by atoms with Gasteiger partial charge in [0, 0.05) is 26.2 Å². The second-order valence-electron chi connectivity index (χ2n) is 5.20. The topological polar surface area (TPSA) is 93.1 Å². The highest BCUT2D eigenvalue weighted by Gasteiger charge is 2.11. The van der Waals surface area contributed by atoms with Crippen molar-refractivity contribution in [1.82, 2.24) is 10.2 Å². The minimum Gasteiger partial charge on any atom is -0.496 e. The lowest BCUT2D eigenvalue weighted by Crippen LogP contribution is -2.38. The number of furan rings is 1. The summed E-state index contributed by atoms with van der Waals surface area (Å²) in [6.07, 6.45) is 0. The van der Waals surface area contributed by atoms with Gasteiger partial charge in [0.25, 0.3) is 5.91 Å². The van der Waals surface area contributed by atoms with Crippen molar-refractivity contribution in [2.75, 3.05) is 21.2 Å². The van der Waals surface area contributed by atoms with Crippen LogP contribution >= 0.6 is 0 Å². The summed E-state index contributed by atoms with van der Waals surface area (Å²) >= 11 is 0. The number of hydrogen-bond acceptors (Lipinski definition) is 4. The number of nitrogens with one attached hydrogen (secondary N) is 1. The molecule has 7 nitrogen and oxygen atoms in total. The van der Waals surface area contributed by atoms with Gasteiger partial charge in [0.15, 0.2) is 11.7 Å². The van der Waals surface area contributed by atoms with Gasteiger partial charge in [-0.2, -0.15) is 0 Å². The number of hydrogen-bond donors (Lipinski definition) is 2. The largest absolute Gasteiger partial charge is 0.496 e. The zero-order valence-electron chi connectivity index (χ0n) is 14.1. The highest BCUT2D eigenvalue weighted by Crippen LogP contribution is 2.18. The first-order valence-electron chi connectivity index (χ1n) is 7.47. The normalized spacial score (nSPS) is 11.2. The molecule has 0 saturated heterocycles. The molecule has 0 saturated carbocycles. The minimum atomic E-state index is -0.584. The molecule has 24 heavy (non-hydrogen) atoms. The lowest BCUT2D eigenvalue weighted by Gasteiger charge is -2.22. The average Bonchev–Trinajstić information content (AvgIpc) is 3.05. The number of primary amides is 1. The van der Waals surface area contributed by atoms with Gasteiger partial charge >= 0.3 is 0 Å². The van der Waals surface area contributed by atoms with Gasteiger partial charge in [-0.05, 0) is 18.2 Å². The zero-order valence-corrected chi connectivity index (χ0v) is 14.1. The van der Waals surface area contributed by atoms with Crippen LogP contribution in [0.15, 0.2) is 45.8 Å². The van der Waals surface area contributed by atoms with Crippen LogP contribution in [-0.4, -0.2) is 38.0 Å². The summed E-state index contributed by atoms with van der Waals surface area (Å²) < 4.78 is 10.7. The Labute approximate surface area is 141 Å². The molecule has 0 fully saturated rings. The van der Waals surface area contributed by atoms with Gasteiger partial charge in [-0.3, -0.25) is 9.79 Å². The van der Waals surface area contributed by atoms with E-state index >= 15 is 0 Å². The summed E-state index contributed by atoms with van der Waals surface area (Å²) in [6, 6.07) is 11.1. The zero-order chi connectivity index (χ0) is 17.5. The van der Waals surface area contributed by atoms with Crippen LogP contribution in [0.1, 0.15) is 21.9 Å². The molecule has 1 aromatic carbocycles. The molecule has 1 heterocycles. The van der Waals surface area contributed by atoms with Crippen LogP contribution in [0.4, 0.5) is 0 Å². The van der Waals surface area contributed by atoms with Gasteiger partial charge in [0.2, 0.25) is 0 Å². The van der Waals surface area contributed by atoms with Crippen LogP contribution in [0, 0.1) is 0 Å². The molecule has 2 aromatic rings. The van der Waals surface area contributed by atoms with Gasteiger partial charge in [-0.1, -0.05) is 18.2 Å². The molecule has 0 unspecified atom stereocenters. The van der Waals surface area contributed by atoms with E-state index in [9.17, 15) is 4.79 Å². The number of aliphatic imine (C=N–C) groups is 1. The Balaban J connectivity index is 1.98. The molecule has 7 heteroatoms. The molecule has 0 radical (unpaired) electrons. The van der Waals surface area contributed by atoms with Crippen LogP contribution in [-0.2, 0) is 13.1 Å². The number of nitrogens with zero attached hydrogens (tertiary/aromatic N) is 2. The van der Waals surface area contributed by atoms with E-state index in [2.05, 4.69) is 10.3 Å². The molecule has 1 aromatic heterocycles. The third kappa shape index (κ3) is 4.28. The van der Waals surface area contributed by atoms with Crippen LogP contribution in [0.25, 0.3) is 0 Å². The molecular weight excluding hydrogens is 308 g/mol. The first-order chi connectivity index (χ1) is 11.5. The predicted molar refractivity (Wildman–Crippen MR) is 91.9 cm³/mol. The van der Waals surface area contributed by atoms with Crippen molar-refractivity contribution >= 4 is 11.9 Å². The lowest BCUT2D eigenvalue weighted by molar-refractivity contribution is 0.0972. The fraction of sp³-hybridized carbons (Fsp3) is 0.294. The number of para-hydroxylation sites is 1. The molecule has 0 atom stereocenters. The average molecular weight is 330 g/mol. The van der Waals surface area contributed by atoms with E-state index in [1.54, 1.807) is 26.3 Å². The molecule has 128 valence electrons. The van der Waals surface area contributed by atoms with E-state index in [0.717, 1.165) is 11.3 Å². The van der Waals surface area contributed by atoms with Crippen LogP contribution in [0.3, 0.4) is 0 Å². The number of benzene rings is 1. The molecule has 0 aliphatic carbocycles. The van der Waals surface area contributed by atoms with Gasteiger partial charge in [-0.15, -0.1) is 0 Å². The van der Waals surface area contributed by atoms with E-state index in [0.29, 0.717) is 24.8 Å². The number of rotatable bonds is 6. The van der Waals surface area contributed by atoms with Gasteiger partial charge in [0.1, 0.15) is 11.5 Å². The maximum absolute atomic E-state index is 11.0. The van der Waals surface area contributed by atoms with Gasteiger partial charge in [0.05, 0.1) is 13.7 Å². The summed E-state index contributed by atoms with van der Waals surface area (Å²) in [5.41, 5.74) is 6.23. The Morgan fingerprint density at radius 1 is 1.33 bits per heavy atom. The molecule has 0 aliphatic rings. The summed E-state index contributed by atoms with van der Waals surface area (Å²) in [5, 5.41) is 3.18. The Kier molecular flexibility index (Phi) is 5.83. The predicted octanol–water partition coefficient (Wildman–Crippen LogP) is 1.59. The second-order valence-corrected chi connectivity index (χ2v) is 5.20. The monoisotopic (exact) mass is 330 g/mol. The molecule has 0 aliphatic heterocycles.